The molecule has 3 rings (SSSR count). The molecule has 28 heavy (non-hydrogen) atoms. The first-order chi connectivity index (χ1) is 13.4. The van der Waals surface area contributed by atoms with Crippen molar-refractivity contribution in [2.75, 3.05) is 0 Å². The second-order valence-corrected chi connectivity index (χ2v) is 7.71. The number of nitrogens with zero attached hydrogens (tertiary/aromatic N) is 1. The van der Waals surface area contributed by atoms with Crippen molar-refractivity contribution in [3.05, 3.63) is 89.5 Å². The molecule has 0 radical (unpaired) electrons. The fourth-order valence-corrected chi connectivity index (χ4v) is 3.23. The summed E-state index contributed by atoms with van der Waals surface area (Å²) in [5.74, 6) is -0.256. The Morgan fingerprint density at radius 1 is 0.964 bits per heavy atom. The van der Waals surface area contributed by atoms with E-state index in [2.05, 4.69) is 5.32 Å². The number of hydrogen-bond donors (Lipinski definition) is 2. The van der Waals surface area contributed by atoms with E-state index >= 15 is 0 Å². The fraction of sp³-hybridized carbons (Fsp3) is 0.0476. The Labute approximate surface area is 163 Å². The maximum atomic E-state index is 12.5. The number of rotatable bonds is 5. The Morgan fingerprint density at radius 3 is 2.25 bits per heavy atom. The third-order valence-corrected chi connectivity index (χ3v) is 5.07. The first kappa shape index (κ1) is 19.3. The number of amides is 1. The summed E-state index contributed by atoms with van der Waals surface area (Å²) in [7, 11) is -3.80. The predicted octanol–water partition coefficient (Wildman–Crippen LogP) is 2.80. The number of nitrogens with one attached hydrogen (secondary N) is 1. The van der Waals surface area contributed by atoms with Crippen molar-refractivity contribution in [2.24, 2.45) is 5.14 Å². The van der Waals surface area contributed by atoms with E-state index in [4.69, 9.17) is 10.4 Å². The highest BCUT2D eigenvalue weighted by Crippen LogP contribution is 2.23. The minimum Gasteiger partial charge on any atom is -0.348 e. The lowest BCUT2D eigenvalue weighted by atomic mass is 10.0. The Bertz CT molecular complexity index is 1160. The van der Waals surface area contributed by atoms with Crippen molar-refractivity contribution in [3.8, 4) is 17.2 Å². The summed E-state index contributed by atoms with van der Waals surface area (Å²) in [4.78, 5) is 12.5. The molecular formula is C21H17N3O3S. The number of primary sulfonamides is 1. The fourth-order valence-electron chi connectivity index (χ4n) is 2.67. The molecule has 0 bridgehead atoms. The average Bonchev–Trinajstić information content (AvgIpc) is 2.72. The van der Waals surface area contributed by atoms with Crippen molar-refractivity contribution < 1.29 is 13.2 Å². The van der Waals surface area contributed by atoms with Crippen LogP contribution in [0.5, 0.6) is 0 Å². The second kappa shape index (κ2) is 8.05. The van der Waals surface area contributed by atoms with Gasteiger partial charge in [-0.1, -0.05) is 36.4 Å². The molecule has 0 atom stereocenters. The van der Waals surface area contributed by atoms with Gasteiger partial charge in [-0.05, 0) is 53.1 Å². The Hall–Kier alpha value is -3.47. The Balaban J connectivity index is 1.77. The molecule has 7 heteroatoms. The quantitative estimate of drug-likeness (QED) is 0.696. The maximum absolute atomic E-state index is 12.5. The molecule has 3 aromatic rings. The average molecular weight is 391 g/mol. The molecule has 0 saturated carbocycles. The molecule has 3 N–H and O–H groups in total. The number of sulfonamides is 1. The van der Waals surface area contributed by atoms with E-state index in [-0.39, 0.29) is 10.8 Å². The van der Waals surface area contributed by atoms with Crippen LogP contribution in [0.1, 0.15) is 21.5 Å². The first-order valence-corrected chi connectivity index (χ1v) is 9.92. The third kappa shape index (κ3) is 4.62. The van der Waals surface area contributed by atoms with Crippen molar-refractivity contribution >= 4 is 15.9 Å². The molecular weight excluding hydrogens is 374 g/mol. The number of hydrogen-bond acceptors (Lipinski definition) is 4. The van der Waals surface area contributed by atoms with Crippen molar-refractivity contribution in [2.45, 2.75) is 11.4 Å². The SMILES string of the molecule is N#Cc1ccc(CNC(=O)c2cccc(-c3cccc(S(N)(=O)=O)c3)c2)cc1. The molecule has 0 fully saturated rings. The number of nitriles is 1. The molecule has 140 valence electrons. The topological polar surface area (TPSA) is 113 Å². The predicted molar refractivity (Wildman–Crippen MR) is 106 cm³/mol. The third-order valence-electron chi connectivity index (χ3n) is 4.16. The number of benzene rings is 3. The zero-order valence-electron chi connectivity index (χ0n) is 14.8. The minimum atomic E-state index is -3.80. The summed E-state index contributed by atoms with van der Waals surface area (Å²) in [5, 5.41) is 16.8. The molecule has 0 heterocycles. The van der Waals surface area contributed by atoms with Gasteiger partial charge in [0.25, 0.3) is 5.91 Å². The molecule has 0 aliphatic heterocycles. The van der Waals surface area contributed by atoms with Gasteiger partial charge in [0.1, 0.15) is 0 Å². The van der Waals surface area contributed by atoms with Crippen LogP contribution in [0.15, 0.2) is 77.7 Å². The number of nitrogens with two attached hydrogens (primary N) is 1. The molecule has 6 nitrogen and oxygen atoms in total. The van der Waals surface area contributed by atoms with E-state index in [1.165, 1.54) is 12.1 Å². The van der Waals surface area contributed by atoms with Crippen LogP contribution in [0.3, 0.4) is 0 Å². The van der Waals surface area contributed by atoms with Crippen molar-refractivity contribution in [1.29, 1.82) is 5.26 Å². The monoisotopic (exact) mass is 391 g/mol. The van der Waals surface area contributed by atoms with Crippen LogP contribution in [0, 0.1) is 11.3 Å². The van der Waals surface area contributed by atoms with E-state index < -0.39 is 10.0 Å². The molecule has 0 aromatic heterocycles. The second-order valence-electron chi connectivity index (χ2n) is 6.15. The largest absolute Gasteiger partial charge is 0.348 e. The van der Waals surface area contributed by atoms with E-state index in [1.54, 1.807) is 60.7 Å². The van der Waals surface area contributed by atoms with E-state index in [0.29, 0.717) is 28.8 Å². The number of carbonyl (C=O) groups is 1. The molecule has 0 saturated heterocycles. The van der Waals surface area contributed by atoms with Gasteiger partial charge >= 0.3 is 0 Å². The van der Waals surface area contributed by atoms with Crippen LogP contribution in [0.25, 0.3) is 11.1 Å². The highest BCUT2D eigenvalue weighted by atomic mass is 32.2. The molecule has 0 aliphatic carbocycles. The normalized spacial score (nSPS) is 10.9. The van der Waals surface area contributed by atoms with Crippen LogP contribution >= 0.6 is 0 Å². The van der Waals surface area contributed by atoms with Crippen molar-refractivity contribution in [1.82, 2.24) is 5.32 Å². The maximum Gasteiger partial charge on any atom is 0.251 e. The summed E-state index contributed by atoms with van der Waals surface area (Å²) in [6.45, 7) is 0.329. The zero-order valence-corrected chi connectivity index (χ0v) is 15.6. The van der Waals surface area contributed by atoms with Gasteiger partial charge in [0.2, 0.25) is 10.0 Å². The summed E-state index contributed by atoms with van der Waals surface area (Å²) >= 11 is 0. The van der Waals surface area contributed by atoms with Crippen LogP contribution < -0.4 is 10.5 Å². The highest BCUT2D eigenvalue weighted by molar-refractivity contribution is 7.89. The molecule has 3 aromatic carbocycles. The lowest BCUT2D eigenvalue weighted by molar-refractivity contribution is 0.0951. The van der Waals surface area contributed by atoms with Crippen LogP contribution in [-0.4, -0.2) is 14.3 Å². The minimum absolute atomic E-state index is 0.0145. The van der Waals surface area contributed by atoms with Gasteiger partial charge in [-0.25, -0.2) is 13.6 Å². The van der Waals surface area contributed by atoms with Gasteiger partial charge < -0.3 is 5.32 Å². The Morgan fingerprint density at radius 2 is 1.61 bits per heavy atom. The van der Waals surface area contributed by atoms with Crippen molar-refractivity contribution in [3.63, 3.8) is 0 Å². The summed E-state index contributed by atoms with van der Waals surface area (Å²) in [6, 6.07) is 22.2. The lowest BCUT2D eigenvalue weighted by Crippen LogP contribution is -2.22. The van der Waals surface area contributed by atoms with Gasteiger partial charge in [0.05, 0.1) is 16.5 Å². The van der Waals surface area contributed by atoms with Gasteiger partial charge in [-0.3, -0.25) is 4.79 Å². The lowest BCUT2D eigenvalue weighted by Gasteiger charge is -2.08. The van der Waals surface area contributed by atoms with Crippen LogP contribution in [-0.2, 0) is 16.6 Å². The molecule has 1 amide bonds. The van der Waals surface area contributed by atoms with Gasteiger partial charge in [0, 0.05) is 12.1 Å². The van der Waals surface area contributed by atoms with E-state index in [1.807, 2.05) is 6.07 Å². The number of carbonyl (C=O) groups excluding carboxylic acids is 1. The highest BCUT2D eigenvalue weighted by Gasteiger charge is 2.11. The first-order valence-electron chi connectivity index (χ1n) is 8.37. The van der Waals surface area contributed by atoms with Crippen LogP contribution in [0.4, 0.5) is 0 Å². The summed E-state index contributed by atoms with van der Waals surface area (Å²) in [5.41, 5.74) is 3.24. The standard InChI is InChI=1S/C21H17N3O3S/c22-13-15-7-9-16(10-8-15)14-24-21(25)19-5-1-3-17(11-19)18-4-2-6-20(12-18)28(23,26)27/h1-12H,14H2,(H,24,25)(H2,23,26,27). The van der Waals surface area contributed by atoms with Crippen LogP contribution in [0.2, 0.25) is 0 Å². The van der Waals surface area contributed by atoms with Gasteiger partial charge in [-0.2, -0.15) is 5.26 Å². The molecule has 0 aliphatic rings. The summed E-state index contributed by atoms with van der Waals surface area (Å²) < 4.78 is 23.1. The molecule has 0 unspecified atom stereocenters. The summed E-state index contributed by atoms with van der Waals surface area (Å²) in [6.07, 6.45) is 0. The zero-order chi connectivity index (χ0) is 20.1. The van der Waals surface area contributed by atoms with Gasteiger partial charge in [-0.15, -0.1) is 0 Å². The van der Waals surface area contributed by atoms with E-state index in [9.17, 15) is 13.2 Å². The Kier molecular flexibility index (Phi) is 5.54. The smallest absolute Gasteiger partial charge is 0.251 e. The van der Waals surface area contributed by atoms with Gasteiger partial charge in [0.15, 0.2) is 0 Å². The van der Waals surface area contributed by atoms with E-state index in [0.717, 1.165) is 5.56 Å². The molecule has 0 spiro atoms.